The van der Waals surface area contributed by atoms with Gasteiger partial charge >= 0.3 is 0 Å². The predicted octanol–water partition coefficient (Wildman–Crippen LogP) is 3.68. The van der Waals surface area contributed by atoms with Gasteiger partial charge in [-0.15, -0.1) is 0 Å². The second-order valence-electron chi connectivity index (χ2n) is 4.84. The molecule has 0 amide bonds. The molecule has 0 radical (unpaired) electrons. The van der Waals surface area contributed by atoms with E-state index in [0.717, 1.165) is 18.4 Å². The van der Waals surface area contributed by atoms with E-state index in [1.165, 1.54) is 31.4 Å². The minimum absolute atomic E-state index is 0.185. The van der Waals surface area contributed by atoms with E-state index in [9.17, 15) is 4.39 Å². The minimum Gasteiger partial charge on any atom is -0.325 e. The van der Waals surface area contributed by atoms with E-state index in [0.29, 0.717) is 11.4 Å². The van der Waals surface area contributed by atoms with Gasteiger partial charge in [-0.2, -0.15) is 0 Å². The summed E-state index contributed by atoms with van der Waals surface area (Å²) >= 11 is 6.06. The zero-order valence-electron chi connectivity index (χ0n) is 9.31. The number of rotatable bonds is 2. The highest BCUT2D eigenvalue weighted by Crippen LogP contribution is 2.31. The highest BCUT2D eigenvalue weighted by molar-refractivity contribution is 6.31. The number of hydrogen-bond donors (Lipinski definition) is 1. The lowest BCUT2D eigenvalue weighted by Gasteiger charge is -2.33. The van der Waals surface area contributed by atoms with Crippen LogP contribution in [0.15, 0.2) is 18.2 Å². The van der Waals surface area contributed by atoms with Crippen LogP contribution in [0.2, 0.25) is 5.02 Å². The predicted molar refractivity (Wildman–Crippen MR) is 65.1 cm³/mol. The second-order valence-corrected chi connectivity index (χ2v) is 5.24. The summed E-state index contributed by atoms with van der Waals surface area (Å²) in [7, 11) is 0. The Bertz CT molecular complexity index is 372. The van der Waals surface area contributed by atoms with Crippen LogP contribution < -0.4 is 5.73 Å². The van der Waals surface area contributed by atoms with Crippen LogP contribution in [0.25, 0.3) is 0 Å². The molecule has 1 nitrogen and oxygen atoms in total. The molecule has 0 aromatic heterocycles. The normalized spacial score (nSPS) is 19.7. The Labute approximate surface area is 101 Å². The van der Waals surface area contributed by atoms with Crippen LogP contribution in [-0.2, 0) is 6.42 Å². The smallest absolute Gasteiger partial charge is 0.123 e. The Balaban J connectivity index is 2.15. The number of benzene rings is 1. The summed E-state index contributed by atoms with van der Waals surface area (Å²) in [5.74, 6) is -0.237. The first-order valence-corrected chi connectivity index (χ1v) is 6.20. The first-order valence-electron chi connectivity index (χ1n) is 5.82. The van der Waals surface area contributed by atoms with E-state index in [1.807, 2.05) is 0 Å². The lowest BCUT2D eigenvalue weighted by Crippen LogP contribution is -2.43. The molecule has 0 unspecified atom stereocenters. The minimum atomic E-state index is -0.237. The van der Waals surface area contributed by atoms with Crippen molar-refractivity contribution in [3.05, 3.63) is 34.6 Å². The molecule has 3 heteroatoms. The zero-order valence-corrected chi connectivity index (χ0v) is 10.1. The van der Waals surface area contributed by atoms with Crippen LogP contribution >= 0.6 is 11.6 Å². The van der Waals surface area contributed by atoms with Gasteiger partial charge in [0.1, 0.15) is 5.82 Å². The van der Waals surface area contributed by atoms with Gasteiger partial charge in [0.15, 0.2) is 0 Å². The van der Waals surface area contributed by atoms with Crippen LogP contribution in [0.5, 0.6) is 0 Å². The third kappa shape index (κ3) is 2.74. The molecule has 0 atom stereocenters. The van der Waals surface area contributed by atoms with E-state index in [-0.39, 0.29) is 11.4 Å². The number of nitrogens with two attached hydrogens (primary N) is 1. The molecule has 1 aliphatic rings. The van der Waals surface area contributed by atoms with Crippen LogP contribution in [0.3, 0.4) is 0 Å². The molecule has 1 aromatic rings. The lowest BCUT2D eigenvalue weighted by atomic mass is 9.78. The third-order valence-corrected chi connectivity index (χ3v) is 3.77. The van der Waals surface area contributed by atoms with E-state index in [1.54, 1.807) is 6.07 Å². The monoisotopic (exact) mass is 241 g/mol. The summed E-state index contributed by atoms with van der Waals surface area (Å²) in [6.45, 7) is 0. The molecule has 1 aromatic carbocycles. The van der Waals surface area contributed by atoms with Gasteiger partial charge in [0, 0.05) is 10.6 Å². The molecule has 0 spiro atoms. The van der Waals surface area contributed by atoms with Gasteiger partial charge < -0.3 is 5.73 Å². The van der Waals surface area contributed by atoms with Crippen molar-refractivity contribution in [2.24, 2.45) is 5.73 Å². The molecule has 16 heavy (non-hydrogen) atoms. The van der Waals surface area contributed by atoms with Crippen LogP contribution in [-0.4, -0.2) is 5.54 Å². The van der Waals surface area contributed by atoms with E-state index >= 15 is 0 Å². The Morgan fingerprint density at radius 2 is 1.94 bits per heavy atom. The van der Waals surface area contributed by atoms with Crippen molar-refractivity contribution >= 4 is 11.6 Å². The van der Waals surface area contributed by atoms with Crippen molar-refractivity contribution in [2.75, 3.05) is 0 Å². The molecule has 0 bridgehead atoms. The van der Waals surface area contributed by atoms with Crippen molar-refractivity contribution in [3.8, 4) is 0 Å². The Morgan fingerprint density at radius 3 is 2.62 bits per heavy atom. The van der Waals surface area contributed by atoms with Gasteiger partial charge in [0.25, 0.3) is 0 Å². The zero-order chi connectivity index (χ0) is 11.6. The summed E-state index contributed by atoms with van der Waals surface area (Å²) in [4.78, 5) is 0. The van der Waals surface area contributed by atoms with Crippen molar-refractivity contribution in [1.29, 1.82) is 0 Å². The third-order valence-electron chi connectivity index (χ3n) is 3.40. The molecular weight excluding hydrogens is 225 g/mol. The van der Waals surface area contributed by atoms with Crippen molar-refractivity contribution in [1.82, 2.24) is 0 Å². The highest BCUT2D eigenvalue weighted by Gasteiger charge is 2.28. The number of halogens is 2. The van der Waals surface area contributed by atoms with E-state index < -0.39 is 0 Å². The highest BCUT2D eigenvalue weighted by atomic mass is 35.5. The quantitative estimate of drug-likeness (QED) is 0.840. The molecular formula is C13H17ClFN. The van der Waals surface area contributed by atoms with Gasteiger partial charge in [-0.1, -0.05) is 30.9 Å². The second kappa shape index (κ2) is 4.72. The maximum Gasteiger partial charge on any atom is 0.123 e. The summed E-state index contributed by atoms with van der Waals surface area (Å²) in [6.07, 6.45) is 6.31. The molecule has 0 aliphatic heterocycles. The van der Waals surface area contributed by atoms with Gasteiger partial charge in [0.2, 0.25) is 0 Å². The Hall–Kier alpha value is -0.600. The standard InChI is InChI=1S/C13H17ClFN/c14-12-5-4-11(15)8-10(12)9-13(16)6-2-1-3-7-13/h4-5,8H,1-3,6-7,9,16H2. The Kier molecular flexibility index (Phi) is 3.50. The summed E-state index contributed by atoms with van der Waals surface area (Å²) in [6, 6.07) is 4.50. The SMILES string of the molecule is NC1(Cc2cc(F)ccc2Cl)CCCCC1. The first kappa shape index (κ1) is 11.9. The van der Waals surface area contributed by atoms with Gasteiger partial charge in [-0.25, -0.2) is 4.39 Å². The summed E-state index contributed by atoms with van der Waals surface area (Å²) in [5.41, 5.74) is 6.98. The first-order chi connectivity index (χ1) is 7.59. The largest absolute Gasteiger partial charge is 0.325 e. The van der Waals surface area contributed by atoms with Gasteiger partial charge in [0.05, 0.1) is 0 Å². The molecule has 1 aliphatic carbocycles. The fourth-order valence-electron chi connectivity index (χ4n) is 2.49. The van der Waals surface area contributed by atoms with Gasteiger partial charge in [-0.05, 0) is 43.0 Å². The van der Waals surface area contributed by atoms with Crippen LogP contribution in [0.4, 0.5) is 4.39 Å². The van der Waals surface area contributed by atoms with Crippen LogP contribution in [0.1, 0.15) is 37.7 Å². The summed E-state index contributed by atoms with van der Waals surface area (Å²) in [5, 5.41) is 0.622. The van der Waals surface area contributed by atoms with E-state index in [2.05, 4.69) is 0 Å². The van der Waals surface area contributed by atoms with Crippen molar-refractivity contribution < 1.29 is 4.39 Å². The molecule has 1 fully saturated rings. The maximum absolute atomic E-state index is 13.1. The van der Waals surface area contributed by atoms with Crippen molar-refractivity contribution in [3.63, 3.8) is 0 Å². The molecule has 2 rings (SSSR count). The molecule has 2 N–H and O–H groups in total. The Morgan fingerprint density at radius 1 is 1.25 bits per heavy atom. The van der Waals surface area contributed by atoms with Crippen LogP contribution in [0, 0.1) is 5.82 Å². The average molecular weight is 242 g/mol. The molecule has 88 valence electrons. The maximum atomic E-state index is 13.1. The van der Waals surface area contributed by atoms with E-state index in [4.69, 9.17) is 17.3 Å². The fraction of sp³-hybridized carbons (Fsp3) is 0.538. The average Bonchev–Trinajstić information content (AvgIpc) is 2.24. The molecule has 0 saturated heterocycles. The topological polar surface area (TPSA) is 26.0 Å². The molecule has 0 heterocycles. The van der Waals surface area contributed by atoms with Crippen molar-refractivity contribution in [2.45, 2.75) is 44.1 Å². The lowest BCUT2D eigenvalue weighted by molar-refractivity contribution is 0.294. The number of hydrogen-bond acceptors (Lipinski definition) is 1. The molecule has 1 saturated carbocycles. The summed E-state index contributed by atoms with van der Waals surface area (Å²) < 4.78 is 13.1. The fourth-order valence-corrected chi connectivity index (χ4v) is 2.68. The van der Waals surface area contributed by atoms with Gasteiger partial charge in [-0.3, -0.25) is 0 Å².